The van der Waals surface area contributed by atoms with Crippen molar-refractivity contribution in [3.63, 3.8) is 0 Å². The minimum absolute atomic E-state index is 0.0981. The van der Waals surface area contributed by atoms with Gasteiger partial charge in [0.05, 0.1) is 31.1 Å². The van der Waals surface area contributed by atoms with Crippen LogP contribution in [0, 0.1) is 13.8 Å². The van der Waals surface area contributed by atoms with Gasteiger partial charge in [-0.25, -0.2) is 8.42 Å². The highest BCUT2D eigenvalue weighted by atomic mass is 32.2. The molecule has 7 heteroatoms. The van der Waals surface area contributed by atoms with E-state index in [0.717, 1.165) is 37.1 Å². The third-order valence-electron chi connectivity index (χ3n) is 5.71. The normalized spacial score (nSPS) is 21.1. The van der Waals surface area contributed by atoms with E-state index in [1.807, 2.05) is 37.8 Å². The minimum Gasteiger partial charge on any atom is -0.338 e. The molecule has 1 amide bonds. The molecule has 2 fully saturated rings. The van der Waals surface area contributed by atoms with Crippen LogP contribution in [0.25, 0.3) is 0 Å². The molecule has 0 radical (unpaired) electrons. The number of sulfonamides is 1. The molecule has 1 aromatic carbocycles. The third-order valence-corrected chi connectivity index (χ3v) is 7.77. The van der Waals surface area contributed by atoms with E-state index in [-0.39, 0.29) is 11.9 Å². The lowest BCUT2D eigenvalue weighted by atomic mass is 10.2. The summed E-state index contributed by atoms with van der Waals surface area (Å²) in [5, 5.41) is 0. The van der Waals surface area contributed by atoms with Gasteiger partial charge in [0.25, 0.3) is 5.91 Å². The number of likely N-dealkylation sites (tertiary alicyclic amines) is 1. The summed E-state index contributed by atoms with van der Waals surface area (Å²) in [5.41, 5.74) is 1.85. The van der Waals surface area contributed by atoms with Crippen LogP contribution in [-0.2, 0) is 14.8 Å². The van der Waals surface area contributed by atoms with E-state index in [4.69, 9.17) is 0 Å². The second-order valence-corrected chi connectivity index (χ2v) is 9.49. The number of hydrogen-bond acceptors (Lipinski definition) is 3. The highest BCUT2D eigenvalue weighted by Gasteiger charge is 2.36. The maximum Gasteiger partial charge on any atom is 0.280 e. The molecule has 2 aliphatic rings. The molecule has 0 saturated carbocycles. The monoisotopic (exact) mass is 380 g/mol. The lowest BCUT2D eigenvalue weighted by molar-refractivity contribution is -0.918. The van der Waals surface area contributed by atoms with Gasteiger partial charge in [0.2, 0.25) is 10.0 Å². The molecule has 6 nitrogen and oxygen atoms in total. The first-order valence-electron chi connectivity index (χ1n) is 9.51. The number of hydrogen-bond donors (Lipinski definition) is 1. The Balaban J connectivity index is 1.65. The number of nitrogens with zero attached hydrogens (tertiary/aromatic N) is 2. The van der Waals surface area contributed by atoms with Crippen molar-refractivity contribution in [1.82, 2.24) is 9.21 Å². The number of aryl methyl sites for hydroxylation is 2. The van der Waals surface area contributed by atoms with Gasteiger partial charge in [-0.3, -0.25) is 4.79 Å². The Labute approximate surface area is 156 Å². The van der Waals surface area contributed by atoms with E-state index in [9.17, 15) is 13.2 Å². The molecule has 0 aliphatic carbocycles. The molecule has 0 spiro atoms. The fourth-order valence-corrected chi connectivity index (χ4v) is 5.71. The smallest absolute Gasteiger partial charge is 0.280 e. The number of amides is 1. The zero-order valence-corrected chi connectivity index (χ0v) is 16.8. The molecule has 1 aromatic rings. The summed E-state index contributed by atoms with van der Waals surface area (Å²) in [6.45, 7) is 9.78. The summed E-state index contributed by atoms with van der Waals surface area (Å²) in [7, 11) is -3.47. The second kappa shape index (κ2) is 7.66. The van der Waals surface area contributed by atoms with Gasteiger partial charge < -0.3 is 9.80 Å². The zero-order chi connectivity index (χ0) is 18.9. The molecule has 3 rings (SSSR count). The van der Waals surface area contributed by atoms with Gasteiger partial charge in [-0.2, -0.15) is 4.31 Å². The molecular weight excluding hydrogens is 350 g/mol. The summed E-state index contributed by atoms with van der Waals surface area (Å²) < 4.78 is 27.5. The van der Waals surface area contributed by atoms with E-state index in [1.165, 1.54) is 4.90 Å². The van der Waals surface area contributed by atoms with Gasteiger partial charge in [0, 0.05) is 13.1 Å². The topological polar surface area (TPSA) is 62.1 Å². The van der Waals surface area contributed by atoms with Gasteiger partial charge in [-0.05, 0) is 45.2 Å². The van der Waals surface area contributed by atoms with Crippen LogP contribution in [0.2, 0.25) is 0 Å². The molecule has 2 heterocycles. The van der Waals surface area contributed by atoms with Gasteiger partial charge >= 0.3 is 0 Å². The Kier molecular flexibility index (Phi) is 5.69. The van der Waals surface area contributed by atoms with Crippen LogP contribution in [0.1, 0.15) is 30.9 Å². The number of piperazine rings is 1. The lowest BCUT2D eigenvalue weighted by Gasteiger charge is -2.35. The number of benzene rings is 1. The second-order valence-electron chi connectivity index (χ2n) is 7.59. The van der Waals surface area contributed by atoms with Crippen molar-refractivity contribution in [2.24, 2.45) is 0 Å². The molecule has 26 heavy (non-hydrogen) atoms. The molecule has 1 atom stereocenters. The zero-order valence-electron chi connectivity index (χ0n) is 16.0. The Hall–Kier alpha value is -1.44. The highest BCUT2D eigenvalue weighted by molar-refractivity contribution is 7.89. The number of nitrogens with one attached hydrogen (secondary N) is 1. The molecule has 0 aromatic heterocycles. The first kappa shape index (κ1) is 19.3. The van der Waals surface area contributed by atoms with Crippen molar-refractivity contribution in [3.05, 3.63) is 29.3 Å². The van der Waals surface area contributed by atoms with Crippen molar-refractivity contribution in [2.45, 2.75) is 44.6 Å². The van der Waals surface area contributed by atoms with Crippen LogP contribution in [-0.4, -0.2) is 68.8 Å². The fourth-order valence-electron chi connectivity index (χ4n) is 4.06. The van der Waals surface area contributed by atoms with E-state index < -0.39 is 10.0 Å². The largest absolute Gasteiger partial charge is 0.338 e. The van der Waals surface area contributed by atoms with E-state index in [2.05, 4.69) is 0 Å². The molecule has 0 bridgehead atoms. The van der Waals surface area contributed by atoms with Crippen molar-refractivity contribution < 1.29 is 18.1 Å². The Morgan fingerprint density at radius 2 is 1.69 bits per heavy atom. The SMILES string of the molecule is Cc1ccc(S(=O)(=O)N2CC[NH+]([C@H](C)C(=O)N3CCCC3)CC2)c(C)c1. The van der Waals surface area contributed by atoms with Crippen molar-refractivity contribution in [2.75, 3.05) is 39.3 Å². The Bertz CT molecular complexity index is 764. The number of carbonyl (C=O) groups is 1. The molecule has 144 valence electrons. The maximum absolute atomic E-state index is 13.0. The molecule has 1 N–H and O–H groups in total. The highest BCUT2D eigenvalue weighted by Crippen LogP contribution is 2.21. The Morgan fingerprint density at radius 3 is 2.27 bits per heavy atom. The van der Waals surface area contributed by atoms with Crippen molar-refractivity contribution >= 4 is 15.9 Å². The predicted octanol–water partition coefficient (Wildman–Crippen LogP) is 0.204. The quantitative estimate of drug-likeness (QED) is 0.812. The van der Waals surface area contributed by atoms with Crippen LogP contribution in [0.4, 0.5) is 0 Å². The molecule has 2 saturated heterocycles. The number of quaternary nitrogens is 1. The van der Waals surface area contributed by atoms with Gasteiger partial charge in [0.1, 0.15) is 0 Å². The van der Waals surface area contributed by atoms with Crippen LogP contribution < -0.4 is 4.90 Å². The van der Waals surface area contributed by atoms with Crippen LogP contribution >= 0.6 is 0 Å². The van der Waals surface area contributed by atoms with E-state index in [1.54, 1.807) is 10.4 Å². The summed E-state index contributed by atoms with van der Waals surface area (Å²) in [6.07, 6.45) is 2.19. The van der Waals surface area contributed by atoms with Gasteiger partial charge in [-0.15, -0.1) is 0 Å². The van der Waals surface area contributed by atoms with E-state index >= 15 is 0 Å². The number of rotatable bonds is 4. The van der Waals surface area contributed by atoms with Crippen molar-refractivity contribution in [3.8, 4) is 0 Å². The van der Waals surface area contributed by atoms with Crippen LogP contribution in [0.15, 0.2) is 23.1 Å². The third kappa shape index (κ3) is 3.80. The van der Waals surface area contributed by atoms with Gasteiger partial charge in [-0.1, -0.05) is 17.7 Å². The molecule has 2 aliphatic heterocycles. The average molecular weight is 381 g/mol. The standard InChI is InChI=1S/C19H29N3O3S/c1-15-6-7-18(16(2)14-15)26(24,25)22-12-10-20(11-13-22)17(3)19(23)21-8-4-5-9-21/h6-7,14,17H,4-5,8-13H2,1-3H3/p+1/t17-/m1/s1. The first-order valence-corrected chi connectivity index (χ1v) is 11.0. The Morgan fingerprint density at radius 1 is 1.08 bits per heavy atom. The van der Waals surface area contributed by atoms with Gasteiger partial charge in [0.15, 0.2) is 6.04 Å². The summed E-state index contributed by atoms with van der Waals surface area (Å²) in [6, 6.07) is 5.36. The molecule has 0 unspecified atom stereocenters. The summed E-state index contributed by atoms with van der Waals surface area (Å²) >= 11 is 0. The van der Waals surface area contributed by atoms with Crippen LogP contribution in [0.3, 0.4) is 0 Å². The average Bonchev–Trinajstić information content (AvgIpc) is 3.15. The summed E-state index contributed by atoms with van der Waals surface area (Å²) in [4.78, 5) is 16.1. The fraction of sp³-hybridized carbons (Fsp3) is 0.632. The van der Waals surface area contributed by atoms with E-state index in [0.29, 0.717) is 31.1 Å². The first-order chi connectivity index (χ1) is 12.3. The summed E-state index contributed by atoms with van der Waals surface area (Å²) in [5.74, 6) is 0.211. The lowest BCUT2D eigenvalue weighted by Crippen LogP contribution is -3.19. The van der Waals surface area contributed by atoms with Crippen molar-refractivity contribution in [1.29, 1.82) is 0 Å². The molecular formula is C19H30N3O3S+. The number of carbonyl (C=O) groups excluding carboxylic acids is 1. The van der Waals surface area contributed by atoms with Crippen LogP contribution in [0.5, 0.6) is 0 Å². The predicted molar refractivity (Wildman–Crippen MR) is 101 cm³/mol. The minimum atomic E-state index is -3.47. The maximum atomic E-state index is 13.0.